The lowest BCUT2D eigenvalue weighted by atomic mass is 10.00. The third-order valence-corrected chi connectivity index (χ3v) is 7.98. The number of carbonyl (C=O) groups excluding carboxylic acids is 2. The van der Waals surface area contributed by atoms with Crippen molar-refractivity contribution in [1.29, 1.82) is 0 Å². The summed E-state index contributed by atoms with van der Waals surface area (Å²) in [7, 11) is 0.364. The first kappa shape index (κ1) is 20.6. The van der Waals surface area contributed by atoms with E-state index in [-0.39, 0.29) is 17.6 Å². The van der Waals surface area contributed by atoms with Gasteiger partial charge in [-0.3, -0.25) is 18.7 Å². The Morgan fingerprint density at radius 1 is 1.07 bits per heavy atom. The van der Waals surface area contributed by atoms with Gasteiger partial charge < -0.3 is 9.64 Å². The molecule has 158 valence electrons. The molecule has 2 aromatic rings. The van der Waals surface area contributed by atoms with Crippen molar-refractivity contribution in [2.75, 3.05) is 30.9 Å². The normalized spacial score (nSPS) is 20.6. The Kier molecular flexibility index (Phi) is 5.90. The van der Waals surface area contributed by atoms with Crippen LogP contribution in [0.15, 0.2) is 54.6 Å². The van der Waals surface area contributed by atoms with E-state index in [9.17, 15) is 13.8 Å². The third-order valence-electron chi connectivity index (χ3n) is 6.03. The fourth-order valence-electron chi connectivity index (χ4n) is 4.35. The first-order chi connectivity index (χ1) is 14.5. The van der Waals surface area contributed by atoms with Crippen LogP contribution in [-0.2, 0) is 26.8 Å². The molecule has 0 aromatic heterocycles. The Morgan fingerprint density at radius 2 is 1.73 bits per heavy atom. The molecule has 1 unspecified atom stereocenters. The minimum atomic E-state index is -1.27. The number of piperidine rings is 1. The van der Waals surface area contributed by atoms with Crippen LogP contribution in [0.3, 0.4) is 0 Å². The summed E-state index contributed by atoms with van der Waals surface area (Å²) in [4.78, 5) is 28.2. The molecule has 0 radical (unpaired) electrons. The van der Waals surface area contributed by atoms with Gasteiger partial charge in [0.05, 0.1) is 17.9 Å². The van der Waals surface area contributed by atoms with E-state index in [1.165, 1.54) is 0 Å². The number of para-hydroxylation sites is 1. The van der Waals surface area contributed by atoms with Crippen molar-refractivity contribution in [3.05, 3.63) is 60.2 Å². The molecule has 2 aromatic carbocycles. The fourth-order valence-corrected chi connectivity index (χ4v) is 6.03. The van der Waals surface area contributed by atoms with Gasteiger partial charge in [-0.1, -0.05) is 30.3 Å². The summed E-state index contributed by atoms with van der Waals surface area (Å²) in [5.74, 6) is 0.856. The van der Waals surface area contributed by atoms with E-state index in [1.54, 1.807) is 12.0 Å². The molecule has 30 heavy (non-hydrogen) atoms. The largest absolute Gasteiger partial charge is 0.497 e. The number of methoxy groups -OCH3 is 1. The molecule has 2 saturated heterocycles. The smallest absolute Gasteiger partial charge is 0.240 e. The molecule has 1 atom stereocenters. The summed E-state index contributed by atoms with van der Waals surface area (Å²) < 4.78 is 18.1. The summed E-state index contributed by atoms with van der Waals surface area (Å²) in [6, 6.07) is 17.2. The Bertz CT molecular complexity index is 937. The van der Waals surface area contributed by atoms with Crippen LogP contribution in [0, 0.1) is 0 Å². The maximum absolute atomic E-state index is 12.9. The molecule has 0 saturated carbocycles. The summed E-state index contributed by atoms with van der Waals surface area (Å²) in [6.45, 7) is 1.04. The number of hydrogen-bond donors (Lipinski definition) is 0. The average Bonchev–Trinajstić information content (AvgIpc) is 3.02. The lowest BCUT2D eigenvalue weighted by molar-refractivity contribution is -0.132. The van der Waals surface area contributed by atoms with Crippen molar-refractivity contribution in [3.8, 4) is 5.75 Å². The molecule has 1 spiro atoms. The first-order valence-corrected chi connectivity index (χ1v) is 11.5. The van der Waals surface area contributed by atoms with Crippen molar-refractivity contribution >= 4 is 28.3 Å². The maximum atomic E-state index is 12.9. The highest BCUT2D eigenvalue weighted by Gasteiger charge is 2.53. The van der Waals surface area contributed by atoms with Gasteiger partial charge >= 0.3 is 0 Å². The summed E-state index contributed by atoms with van der Waals surface area (Å²) in [6.07, 6.45) is 2.18. The van der Waals surface area contributed by atoms with Gasteiger partial charge in [0.25, 0.3) is 0 Å². The lowest BCUT2D eigenvalue weighted by Crippen LogP contribution is -2.56. The quantitative estimate of drug-likeness (QED) is 0.737. The van der Waals surface area contributed by atoms with Crippen molar-refractivity contribution in [2.45, 2.75) is 30.6 Å². The molecule has 2 aliphatic heterocycles. The van der Waals surface area contributed by atoms with Crippen molar-refractivity contribution < 1.29 is 18.5 Å². The number of amides is 2. The number of rotatable bonds is 5. The highest BCUT2D eigenvalue weighted by atomic mass is 32.2. The second-order valence-electron chi connectivity index (χ2n) is 7.73. The fraction of sp³-hybridized carbons (Fsp3) is 0.391. The van der Waals surface area contributed by atoms with Gasteiger partial charge in [0.2, 0.25) is 11.8 Å². The Morgan fingerprint density at radius 3 is 2.37 bits per heavy atom. The number of carbonyl (C=O) groups is 2. The molecule has 6 nitrogen and oxygen atoms in total. The topological polar surface area (TPSA) is 66.9 Å². The zero-order chi connectivity index (χ0) is 21.1. The molecule has 2 aliphatic rings. The first-order valence-electron chi connectivity index (χ1n) is 10.2. The SMILES string of the molecule is COc1ccc(CCC(=O)N2CCC3(CC2)N(c2ccccc2)C(=O)CS3=O)cc1. The second kappa shape index (κ2) is 8.60. The van der Waals surface area contributed by atoms with Crippen LogP contribution in [-0.4, -0.2) is 51.7 Å². The highest BCUT2D eigenvalue weighted by Crippen LogP contribution is 2.40. The molecular weight excluding hydrogens is 400 g/mol. The van der Waals surface area contributed by atoms with Crippen molar-refractivity contribution in [2.24, 2.45) is 0 Å². The number of likely N-dealkylation sites (tertiary alicyclic amines) is 1. The number of nitrogens with zero attached hydrogens (tertiary/aromatic N) is 2. The van der Waals surface area contributed by atoms with Crippen LogP contribution in [0.5, 0.6) is 5.75 Å². The molecule has 2 fully saturated rings. The number of ether oxygens (including phenoxy) is 1. The molecule has 0 aliphatic carbocycles. The van der Waals surface area contributed by atoms with Crippen LogP contribution >= 0.6 is 0 Å². The average molecular weight is 427 g/mol. The van der Waals surface area contributed by atoms with Gasteiger partial charge in [0.15, 0.2) is 0 Å². The lowest BCUT2D eigenvalue weighted by Gasteiger charge is -2.43. The van der Waals surface area contributed by atoms with E-state index in [0.29, 0.717) is 38.8 Å². The third kappa shape index (κ3) is 3.86. The molecule has 7 heteroatoms. The molecule has 0 bridgehead atoms. The van der Waals surface area contributed by atoms with Gasteiger partial charge in [-0.2, -0.15) is 0 Å². The molecule has 2 amide bonds. The Hall–Kier alpha value is -2.67. The van der Waals surface area contributed by atoms with Gasteiger partial charge in [-0.05, 0) is 36.2 Å². The van der Waals surface area contributed by atoms with Gasteiger partial charge in [-0.25, -0.2) is 0 Å². The number of aryl methyl sites for hydroxylation is 1. The number of benzene rings is 2. The van der Waals surface area contributed by atoms with Crippen LogP contribution in [0.2, 0.25) is 0 Å². The number of anilines is 1. The second-order valence-corrected chi connectivity index (χ2v) is 9.47. The van der Waals surface area contributed by atoms with Crippen LogP contribution < -0.4 is 9.64 Å². The van der Waals surface area contributed by atoms with E-state index < -0.39 is 15.7 Å². The molecular formula is C23H26N2O4S. The minimum absolute atomic E-state index is 0.0559. The monoisotopic (exact) mass is 426 g/mol. The minimum Gasteiger partial charge on any atom is -0.497 e. The van der Waals surface area contributed by atoms with Gasteiger partial charge in [0, 0.05) is 38.0 Å². The molecule has 2 heterocycles. The van der Waals surface area contributed by atoms with E-state index in [0.717, 1.165) is 17.0 Å². The van der Waals surface area contributed by atoms with Crippen LogP contribution in [0.25, 0.3) is 0 Å². The standard InChI is InChI=1S/C23H26N2O4S/c1-29-20-10-7-18(8-11-20)9-12-21(26)24-15-13-23(14-16-24)25(22(27)17-30(23)28)19-5-3-2-4-6-19/h2-8,10-11H,9,12-17H2,1H3. The predicted octanol–water partition coefficient (Wildman–Crippen LogP) is 2.74. The zero-order valence-electron chi connectivity index (χ0n) is 17.1. The van der Waals surface area contributed by atoms with E-state index in [4.69, 9.17) is 4.74 Å². The summed E-state index contributed by atoms with van der Waals surface area (Å²) in [5, 5.41) is 0. The highest BCUT2D eigenvalue weighted by molar-refractivity contribution is 7.88. The van der Waals surface area contributed by atoms with Crippen LogP contribution in [0.4, 0.5) is 5.69 Å². The number of hydrogen-bond acceptors (Lipinski definition) is 4. The Balaban J connectivity index is 1.40. The van der Waals surface area contributed by atoms with E-state index in [2.05, 4.69) is 0 Å². The predicted molar refractivity (Wildman–Crippen MR) is 117 cm³/mol. The van der Waals surface area contributed by atoms with Crippen molar-refractivity contribution in [3.63, 3.8) is 0 Å². The van der Waals surface area contributed by atoms with Crippen molar-refractivity contribution in [1.82, 2.24) is 4.90 Å². The molecule has 4 rings (SSSR count). The molecule has 0 N–H and O–H groups in total. The van der Waals surface area contributed by atoms with Crippen LogP contribution in [0.1, 0.15) is 24.8 Å². The van der Waals surface area contributed by atoms with E-state index in [1.807, 2.05) is 59.5 Å². The Labute approximate surface area is 179 Å². The summed E-state index contributed by atoms with van der Waals surface area (Å²) in [5.41, 5.74) is 1.88. The summed E-state index contributed by atoms with van der Waals surface area (Å²) >= 11 is 0. The van der Waals surface area contributed by atoms with Gasteiger partial charge in [-0.15, -0.1) is 0 Å². The zero-order valence-corrected chi connectivity index (χ0v) is 17.9. The maximum Gasteiger partial charge on any atom is 0.240 e. The van der Waals surface area contributed by atoms with E-state index >= 15 is 0 Å². The van der Waals surface area contributed by atoms with Gasteiger partial charge in [0.1, 0.15) is 16.4 Å².